The summed E-state index contributed by atoms with van der Waals surface area (Å²) >= 11 is 1.73. The normalized spacial score (nSPS) is 16.5. The zero-order chi connectivity index (χ0) is 14.7. The summed E-state index contributed by atoms with van der Waals surface area (Å²) in [4.78, 5) is 1.25. The van der Waals surface area contributed by atoms with Gasteiger partial charge >= 0.3 is 0 Å². The zero-order valence-corrected chi connectivity index (χ0v) is 12.9. The van der Waals surface area contributed by atoms with Crippen LogP contribution in [0, 0.1) is 0 Å². The summed E-state index contributed by atoms with van der Waals surface area (Å²) in [5, 5.41) is 9.73. The van der Waals surface area contributed by atoms with Gasteiger partial charge in [-0.15, -0.1) is 11.8 Å². The highest BCUT2D eigenvalue weighted by Gasteiger charge is 2.26. The van der Waals surface area contributed by atoms with Crippen LogP contribution >= 0.6 is 11.8 Å². The summed E-state index contributed by atoms with van der Waals surface area (Å²) in [6.07, 6.45) is 3.67. The lowest BCUT2D eigenvalue weighted by atomic mass is 9.94. The van der Waals surface area contributed by atoms with Gasteiger partial charge in [-0.05, 0) is 48.1 Å². The van der Waals surface area contributed by atoms with E-state index in [-0.39, 0.29) is 6.61 Å². The van der Waals surface area contributed by atoms with Crippen molar-refractivity contribution in [1.82, 2.24) is 0 Å². The lowest BCUT2D eigenvalue weighted by Gasteiger charge is -2.27. The molecule has 0 radical (unpaired) electrons. The van der Waals surface area contributed by atoms with Gasteiger partial charge in [0.15, 0.2) is 0 Å². The van der Waals surface area contributed by atoms with Gasteiger partial charge in [0.1, 0.15) is 0 Å². The molecule has 2 aromatic rings. The maximum absolute atomic E-state index is 9.73. The average molecular weight is 299 g/mol. The van der Waals surface area contributed by atoms with Crippen molar-refractivity contribution in [2.45, 2.75) is 29.7 Å². The van der Waals surface area contributed by atoms with Gasteiger partial charge in [-0.25, -0.2) is 0 Å². The Labute approximate surface area is 130 Å². The van der Waals surface area contributed by atoms with Gasteiger partial charge in [-0.3, -0.25) is 0 Å². The van der Waals surface area contributed by atoms with E-state index in [1.165, 1.54) is 35.3 Å². The molecule has 110 valence electrons. The minimum atomic E-state index is -0.690. The molecule has 1 aliphatic rings. The van der Waals surface area contributed by atoms with Crippen molar-refractivity contribution < 1.29 is 5.11 Å². The number of aliphatic hydroxyl groups is 1. The van der Waals surface area contributed by atoms with E-state index in [0.717, 1.165) is 5.56 Å². The van der Waals surface area contributed by atoms with Crippen molar-refractivity contribution in [3.8, 4) is 0 Å². The molecule has 3 heteroatoms. The number of aliphatic hydroxyl groups excluding tert-OH is 1. The molecular formula is C18H21NOS. The molecule has 3 N–H and O–H groups in total. The minimum Gasteiger partial charge on any atom is -0.394 e. The maximum atomic E-state index is 9.73. The third-order valence-electron chi connectivity index (χ3n) is 4.20. The van der Waals surface area contributed by atoms with Gasteiger partial charge in [0.2, 0.25) is 0 Å². The summed E-state index contributed by atoms with van der Waals surface area (Å²) in [5.74, 6) is 0.673. The molecule has 0 fully saturated rings. The molecule has 0 saturated carbocycles. The highest BCUT2D eigenvalue weighted by Crippen LogP contribution is 2.31. The zero-order valence-electron chi connectivity index (χ0n) is 12.1. The van der Waals surface area contributed by atoms with Crippen molar-refractivity contribution >= 4 is 11.8 Å². The van der Waals surface area contributed by atoms with Crippen LogP contribution in [0.5, 0.6) is 0 Å². The number of nitrogens with two attached hydrogens (primary N) is 1. The summed E-state index contributed by atoms with van der Waals surface area (Å²) in [6, 6.07) is 16.6. The molecule has 0 amide bonds. The minimum absolute atomic E-state index is 0.0467. The first kappa shape index (κ1) is 14.6. The molecule has 1 aliphatic carbocycles. The highest BCUT2D eigenvalue weighted by molar-refractivity contribution is 7.99. The van der Waals surface area contributed by atoms with Crippen molar-refractivity contribution in [2.75, 3.05) is 12.4 Å². The van der Waals surface area contributed by atoms with Gasteiger partial charge in [-0.1, -0.05) is 36.4 Å². The summed E-state index contributed by atoms with van der Waals surface area (Å²) in [7, 11) is 0. The van der Waals surface area contributed by atoms with E-state index in [1.54, 1.807) is 11.8 Å². The molecule has 0 spiro atoms. The molecule has 1 unspecified atom stereocenters. The Hall–Kier alpha value is -1.29. The van der Waals surface area contributed by atoms with E-state index < -0.39 is 5.54 Å². The van der Waals surface area contributed by atoms with E-state index >= 15 is 0 Å². The fourth-order valence-corrected chi connectivity index (χ4v) is 3.91. The summed E-state index contributed by atoms with van der Waals surface area (Å²) in [6.45, 7) is -0.0467. The van der Waals surface area contributed by atoms with Crippen LogP contribution in [0.25, 0.3) is 0 Å². The van der Waals surface area contributed by atoms with Crippen LogP contribution < -0.4 is 5.73 Å². The van der Waals surface area contributed by atoms with E-state index in [4.69, 9.17) is 5.73 Å². The smallest absolute Gasteiger partial charge is 0.0739 e. The van der Waals surface area contributed by atoms with E-state index in [1.807, 2.05) is 30.3 Å². The van der Waals surface area contributed by atoms with Gasteiger partial charge in [-0.2, -0.15) is 0 Å². The maximum Gasteiger partial charge on any atom is 0.0739 e. The Morgan fingerprint density at radius 2 is 1.81 bits per heavy atom. The molecule has 21 heavy (non-hydrogen) atoms. The van der Waals surface area contributed by atoms with Gasteiger partial charge in [0, 0.05) is 10.6 Å². The second kappa shape index (κ2) is 6.22. The fourth-order valence-electron chi connectivity index (χ4n) is 2.84. The second-order valence-electron chi connectivity index (χ2n) is 5.75. The van der Waals surface area contributed by atoms with E-state index in [0.29, 0.717) is 5.75 Å². The Morgan fingerprint density at radius 1 is 1.05 bits per heavy atom. The van der Waals surface area contributed by atoms with Crippen LogP contribution in [-0.4, -0.2) is 17.5 Å². The molecule has 0 bridgehead atoms. The first-order chi connectivity index (χ1) is 10.2. The number of hydrogen-bond donors (Lipinski definition) is 2. The lowest BCUT2D eigenvalue weighted by molar-refractivity contribution is 0.213. The highest BCUT2D eigenvalue weighted by atomic mass is 32.2. The number of benzene rings is 2. The second-order valence-corrected chi connectivity index (χ2v) is 6.80. The number of fused-ring (bicyclic) bond motifs is 1. The van der Waals surface area contributed by atoms with Crippen LogP contribution in [0.4, 0.5) is 0 Å². The molecular weight excluding hydrogens is 278 g/mol. The molecule has 0 heterocycles. The molecule has 0 aromatic heterocycles. The Balaban J connectivity index is 1.73. The standard InChI is InChI=1S/C18H21NOS/c19-18(12-20,16-7-2-1-3-8-16)13-21-17-10-9-14-5-4-6-15(14)11-17/h1-3,7-11,20H,4-6,12-13,19H2. The number of thioether (sulfide) groups is 1. The largest absolute Gasteiger partial charge is 0.394 e. The lowest BCUT2D eigenvalue weighted by Crippen LogP contribution is -2.43. The third kappa shape index (κ3) is 3.15. The predicted octanol–water partition coefficient (Wildman–Crippen LogP) is 3.11. The molecule has 0 saturated heterocycles. The van der Waals surface area contributed by atoms with Crippen molar-refractivity contribution in [3.05, 3.63) is 65.2 Å². The number of hydrogen-bond acceptors (Lipinski definition) is 3. The molecule has 3 rings (SSSR count). The van der Waals surface area contributed by atoms with Crippen molar-refractivity contribution in [1.29, 1.82) is 0 Å². The third-order valence-corrected chi connectivity index (χ3v) is 5.44. The Bertz CT molecular complexity index is 614. The first-order valence-corrected chi connectivity index (χ1v) is 8.40. The van der Waals surface area contributed by atoms with Crippen LogP contribution in [0.15, 0.2) is 53.4 Å². The molecule has 0 aliphatic heterocycles. The summed E-state index contributed by atoms with van der Waals surface area (Å²) < 4.78 is 0. The van der Waals surface area contributed by atoms with Crippen LogP contribution in [0.1, 0.15) is 23.1 Å². The Kier molecular flexibility index (Phi) is 4.34. The van der Waals surface area contributed by atoms with Gasteiger partial charge in [0.05, 0.1) is 12.1 Å². The van der Waals surface area contributed by atoms with Gasteiger partial charge in [0.25, 0.3) is 0 Å². The van der Waals surface area contributed by atoms with Crippen LogP contribution in [0.3, 0.4) is 0 Å². The van der Waals surface area contributed by atoms with Crippen molar-refractivity contribution in [3.63, 3.8) is 0 Å². The van der Waals surface area contributed by atoms with Gasteiger partial charge < -0.3 is 10.8 Å². The first-order valence-electron chi connectivity index (χ1n) is 7.41. The predicted molar refractivity (Wildman–Crippen MR) is 88.6 cm³/mol. The van der Waals surface area contributed by atoms with E-state index in [9.17, 15) is 5.11 Å². The van der Waals surface area contributed by atoms with Crippen LogP contribution in [0.2, 0.25) is 0 Å². The molecule has 2 aromatic carbocycles. The van der Waals surface area contributed by atoms with E-state index in [2.05, 4.69) is 18.2 Å². The number of aryl methyl sites for hydroxylation is 2. The Morgan fingerprint density at radius 3 is 2.57 bits per heavy atom. The summed E-state index contributed by atoms with van der Waals surface area (Å²) in [5.41, 5.74) is 9.67. The van der Waals surface area contributed by atoms with Crippen LogP contribution in [-0.2, 0) is 18.4 Å². The van der Waals surface area contributed by atoms with Crippen molar-refractivity contribution in [2.24, 2.45) is 5.73 Å². The fraction of sp³-hybridized carbons (Fsp3) is 0.333. The monoisotopic (exact) mass is 299 g/mol. The topological polar surface area (TPSA) is 46.2 Å². The average Bonchev–Trinajstić information content (AvgIpc) is 3.01. The molecule has 2 nitrogen and oxygen atoms in total. The number of rotatable bonds is 5. The quantitative estimate of drug-likeness (QED) is 0.834. The molecule has 1 atom stereocenters. The SMILES string of the molecule is NC(CO)(CSc1ccc2c(c1)CCC2)c1ccccc1.